The molecule has 3 nitrogen and oxygen atoms in total. The van der Waals surface area contributed by atoms with E-state index in [1.807, 2.05) is 0 Å². The number of nitrogens with two attached hydrogens (primary N) is 1. The number of halogens is 1. The lowest BCUT2D eigenvalue weighted by Gasteiger charge is -2.31. The smallest absolute Gasteiger partial charge is 0.133 e. The number of piperidine rings is 1. The minimum atomic E-state index is -0.352. The van der Waals surface area contributed by atoms with Crippen LogP contribution >= 0.6 is 12.2 Å². The Morgan fingerprint density at radius 2 is 2.16 bits per heavy atom. The van der Waals surface area contributed by atoms with E-state index in [9.17, 15) is 4.39 Å². The van der Waals surface area contributed by atoms with Crippen molar-refractivity contribution in [3.63, 3.8) is 0 Å². The molecule has 1 fully saturated rings. The van der Waals surface area contributed by atoms with Crippen molar-refractivity contribution in [3.05, 3.63) is 35.1 Å². The molecule has 1 aromatic rings. The van der Waals surface area contributed by atoms with Crippen molar-refractivity contribution in [3.8, 4) is 0 Å². The molecule has 104 valence electrons. The van der Waals surface area contributed by atoms with Crippen LogP contribution in [0, 0.1) is 5.82 Å². The minimum Gasteiger partial charge on any atom is -0.389 e. The fourth-order valence-electron chi connectivity index (χ4n) is 2.42. The van der Waals surface area contributed by atoms with Gasteiger partial charge in [-0.15, -0.1) is 0 Å². The van der Waals surface area contributed by atoms with Gasteiger partial charge in [-0.25, -0.2) is 4.39 Å². The Balaban J connectivity index is 2.00. The van der Waals surface area contributed by atoms with E-state index in [1.165, 1.54) is 6.07 Å². The Hall–Kier alpha value is -1.04. The van der Waals surface area contributed by atoms with Gasteiger partial charge in [0.15, 0.2) is 0 Å². The number of rotatable bonds is 4. The van der Waals surface area contributed by atoms with Gasteiger partial charge in [0, 0.05) is 32.3 Å². The van der Waals surface area contributed by atoms with Crippen molar-refractivity contribution in [2.24, 2.45) is 5.73 Å². The molecule has 2 N–H and O–H groups in total. The average Bonchev–Trinajstić information content (AvgIpc) is 2.41. The molecule has 0 atom stereocenters. The van der Waals surface area contributed by atoms with E-state index < -0.39 is 0 Å². The Labute approximate surface area is 118 Å². The topological polar surface area (TPSA) is 38.5 Å². The molecule has 0 aromatic heterocycles. The summed E-state index contributed by atoms with van der Waals surface area (Å²) < 4.78 is 18.8. The zero-order chi connectivity index (χ0) is 13.8. The van der Waals surface area contributed by atoms with Crippen LogP contribution in [-0.4, -0.2) is 36.2 Å². The lowest BCUT2D eigenvalue weighted by molar-refractivity contribution is 0.0388. The summed E-state index contributed by atoms with van der Waals surface area (Å²) in [5.74, 6) is -0.352. The van der Waals surface area contributed by atoms with E-state index in [4.69, 9.17) is 22.7 Å². The van der Waals surface area contributed by atoms with Crippen molar-refractivity contribution in [2.45, 2.75) is 25.5 Å². The molecule has 0 radical (unpaired) electrons. The highest BCUT2D eigenvalue weighted by Gasteiger charge is 2.19. The molecular formula is C14H19FN2OS. The quantitative estimate of drug-likeness (QED) is 0.858. The number of ether oxygens (including phenoxy) is 1. The van der Waals surface area contributed by atoms with Crippen molar-refractivity contribution in [1.29, 1.82) is 0 Å². The molecule has 0 bridgehead atoms. The van der Waals surface area contributed by atoms with Crippen LogP contribution in [0.25, 0.3) is 0 Å². The first-order valence-electron chi connectivity index (χ1n) is 6.43. The van der Waals surface area contributed by atoms with Crippen molar-refractivity contribution < 1.29 is 9.13 Å². The van der Waals surface area contributed by atoms with Crippen LogP contribution < -0.4 is 5.73 Å². The molecule has 1 heterocycles. The van der Waals surface area contributed by atoms with Gasteiger partial charge in [-0.2, -0.15) is 0 Å². The summed E-state index contributed by atoms with van der Waals surface area (Å²) in [7, 11) is 1.76. The molecule has 0 aliphatic carbocycles. The maximum atomic E-state index is 13.5. The highest BCUT2D eigenvalue weighted by molar-refractivity contribution is 7.80. The molecule has 19 heavy (non-hydrogen) atoms. The third-order valence-corrected chi connectivity index (χ3v) is 3.79. The van der Waals surface area contributed by atoms with Crippen LogP contribution in [0.2, 0.25) is 0 Å². The van der Waals surface area contributed by atoms with Gasteiger partial charge in [0.05, 0.1) is 6.10 Å². The van der Waals surface area contributed by atoms with Crippen LogP contribution in [0.15, 0.2) is 18.2 Å². The van der Waals surface area contributed by atoms with E-state index in [0.29, 0.717) is 11.7 Å². The normalized spacial score (nSPS) is 17.6. The van der Waals surface area contributed by atoms with E-state index in [0.717, 1.165) is 38.0 Å². The van der Waals surface area contributed by atoms with Gasteiger partial charge in [0.1, 0.15) is 10.8 Å². The number of benzene rings is 1. The van der Waals surface area contributed by atoms with Crippen LogP contribution in [0.4, 0.5) is 4.39 Å². The third kappa shape index (κ3) is 3.72. The summed E-state index contributed by atoms with van der Waals surface area (Å²) in [5.41, 5.74) is 6.89. The Morgan fingerprint density at radius 1 is 1.47 bits per heavy atom. The van der Waals surface area contributed by atoms with Crippen LogP contribution in [-0.2, 0) is 11.3 Å². The largest absolute Gasteiger partial charge is 0.389 e. The van der Waals surface area contributed by atoms with Crippen LogP contribution in [0.1, 0.15) is 24.0 Å². The molecule has 0 spiro atoms. The zero-order valence-corrected chi connectivity index (χ0v) is 11.9. The summed E-state index contributed by atoms with van der Waals surface area (Å²) in [6, 6.07) is 4.98. The fourth-order valence-corrected chi connectivity index (χ4v) is 2.58. The Bertz CT molecular complexity index is 459. The van der Waals surface area contributed by atoms with Gasteiger partial charge >= 0.3 is 0 Å². The second kappa shape index (κ2) is 6.41. The van der Waals surface area contributed by atoms with Gasteiger partial charge in [0.25, 0.3) is 0 Å². The first-order valence-corrected chi connectivity index (χ1v) is 6.84. The summed E-state index contributed by atoms with van der Waals surface area (Å²) in [5, 5.41) is 0. The summed E-state index contributed by atoms with van der Waals surface area (Å²) in [6.45, 7) is 2.79. The van der Waals surface area contributed by atoms with Crippen molar-refractivity contribution in [1.82, 2.24) is 4.90 Å². The zero-order valence-electron chi connectivity index (χ0n) is 11.1. The Kier molecular flexibility index (Phi) is 4.85. The van der Waals surface area contributed by atoms with Crippen molar-refractivity contribution >= 4 is 17.2 Å². The lowest BCUT2D eigenvalue weighted by atomic mass is 10.1. The second-order valence-electron chi connectivity index (χ2n) is 4.89. The van der Waals surface area contributed by atoms with E-state index in [1.54, 1.807) is 19.2 Å². The fraction of sp³-hybridized carbons (Fsp3) is 0.500. The van der Waals surface area contributed by atoms with Gasteiger partial charge < -0.3 is 10.5 Å². The minimum absolute atomic E-state index is 0.109. The number of hydrogen-bond donors (Lipinski definition) is 1. The molecule has 0 unspecified atom stereocenters. The number of methoxy groups -OCH3 is 1. The van der Waals surface area contributed by atoms with Crippen LogP contribution in [0.5, 0.6) is 0 Å². The predicted octanol–water partition coefficient (Wildman–Crippen LogP) is 2.07. The molecule has 1 aromatic carbocycles. The maximum absolute atomic E-state index is 13.5. The molecule has 0 amide bonds. The SMILES string of the molecule is COC1CCN(Cc2ccc(F)c(C(N)=S)c2)CC1. The predicted molar refractivity (Wildman–Crippen MR) is 77.6 cm³/mol. The van der Waals surface area contributed by atoms with Crippen molar-refractivity contribution in [2.75, 3.05) is 20.2 Å². The summed E-state index contributed by atoms with van der Waals surface area (Å²) >= 11 is 4.85. The number of nitrogens with zero attached hydrogens (tertiary/aromatic N) is 1. The van der Waals surface area contributed by atoms with E-state index in [2.05, 4.69) is 4.90 Å². The van der Waals surface area contributed by atoms with Crippen LogP contribution in [0.3, 0.4) is 0 Å². The van der Waals surface area contributed by atoms with Gasteiger partial charge in [-0.05, 0) is 30.5 Å². The van der Waals surface area contributed by atoms with E-state index in [-0.39, 0.29) is 10.8 Å². The third-order valence-electron chi connectivity index (χ3n) is 3.57. The maximum Gasteiger partial charge on any atom is 0.133 e. The standard InChI is InChI=1S/C14H19FN2OS/c1-18-11-4-6-17(7-5-11)9-10-2-3-13(15)12(8-10)14(16)19/h2-3,8,11H,4-7,9H2,1H3,(H2,16,19). The second-order valence-corrected chi connectivity index (χ2v) is 5.33. The van der Waals surface area contributed by atoms with E-state index >= 15 is 0 Å². The number of thiocarbonyl (C=S) groups is 1. The molecular weight excluding hydrogens is 263 g/mol. The molecule has 1 aliphatic rings. The molecule has 5 heteroatoms. The first kappa shape index (κ1) is 14.4. The number of likely N-dealkylation sites (tertiary alicyclic amines) is 1. The van der Waals surface area contributed by atoms with Gasteiger partial charge in [0.2, 0.25) is 0 Å². The summed E-state index contributed by atoms with van der Waals surface area (Å²) in [6.07, 6.45) is 2.45. The average molecular weight is 282 g/mol. The highest BCUT2D eigenvalue weighted by atomic mass is 32.1. The Morgan fingerprint density at radius 3 is 2.74 bits per heavy atom. The molecule has 1 saturated heterocycles. The number of hydrogen-bond acceptors (Lipinski definition) is 3. The summed E-state index contributed by atoms with van der Waals surface area (Å²) in [4.78, 5) is 2.45. The molecule has 2 rings (SSSR count). The monoisotopic (exact) mass is 282 g/mol. The van der Waals surface area contributed by atoms with Gasteiger partial charge in [-0.1, -0.05) is 18.3 Å². The molecule has 1 aliphatic heterocycles. The first-order chi connectivity index (χ1) is 9.10. The highest BCUT2D eigenvalue weighted by Crippen LogP contribution is 2.17. The molecule has 0 saturated carbocycles. The van der Waals surface area contributed by atoms with Gasteiger partial charge in [-0.3, -0.25) is 4.90 Å². The lowest BCUT2D eigenvalue weighted by Crippen LogP contribution is -2.36.